The van der Waals surface area contributed by atoms with Gasteiger partial charge in [-0.3, -0.25) is 0 Å². The number of hydrogen-bond acceptors (Lipinski definition) is 4. The summed E-state index contributed by atoms with van der Waals surface area (Å²) in [5.74, 6) is 1.05. The Bertz CT molecular complexity index is 583. The molecule has 0 unspecified atom stereocenters. The molecule has 1 N–H and O–H groups in total. The maximum atomic E-state index is 4.75. The Labute approximate surface area is 139 Å². The molecule has 5 heteroatoms. The fraction of sp³-hybridized carbons (Fsp3) is 0.438. The van der Waals surface area contributed by atoms with E-state index in [1.807, 2.05) is 0 Å². The Hall–Kier alpha value is -0.910. The molecule has 0 aliphatic carbocycles. The molecule has 0 saturated carbocycles. The molecule has 0 amide bonds. The van der Waals surface area contributed by atoms with Gasteiger partial charge < -0.3 is 10.2 Å². The highest BCUT2D eigenvalue weighted by molar-refractivity contribution is 9.10. The number of hydrogen-bond donors (Lipinski definition) is 1. The van der Waals surface area contributed by atoms with Crippen molar-refractivity contribution < 1.29 is 0 Å². The smallest absolute Gasteiger partial charge is 0.129 e. The quantitative estimate of drug-likeness (QED) is 0.793. The lowest BCUT2D eigenvalue weighted by molar-refractivity contribution is 0.723. The van der Waals surface area contributed by atoms with Crippen molar-refractivity contribution in [2.45, 2.75) is 33.4 Å². The maximum Gasteiger partial charge on any atom is 0.129 e. The Morgan fingerprint density at radius 1 is 1.29 bits per heavy atom. The van der Waals surface area contributed by atoms with Crippen LogP contribution in [0, 0.1) is 0 Å². The van der Waals surface area contributed by atoms with Gasteiger partial charge in [-0.25, -0.2) is 4.98 Å². The zero-order chi connectivity index (χ0) is 15.2. The Balaban J connectivity index is 2.16. The molecule has 2 aromatic heterocycles. The fourth-order valence-electron chi connectivity index (χ4n) is 2.13. The highest BCUT2D eigenvalue weighted by Crippen LogP contribution is 2.23. The van der Waals surface area contributed by atoms with Crippen LogP contribution >= 0.6 is 27.3 Å². The molecule has 0 radical (unpaired) electrons. The molecule has 0 aromatic carbocycles. The topological polar surface area (TPSA) is 28.2 Å². The van der Waals surface area contributed by atoms with Crippen molar-refractivity contribution in [3.63, 3.8) is 0 Å². The summed E-state index contributed by atoms with van der Waals surface area (Å²) in [6.45, 7) is 7.05. The fourth-order valence-corrected chi connectivity index (χ4v) is 3.64. The number of rotatable bonds is 7. The zero-order valence-electron chi connectivity index (χ0n) is 12.8. The third-order valence-corrected chi connectivity index (χ3v) is 4.95. The highest BCUT2D eigenvalue weighted by Gasteiger charge is 2.08. The second-order valence-electron chi connectivity index (χ2n) is 5.05. The minimum atomic E-state index is 0.886. The van der Waals surface area contributed by atoms with Gasteiger partial charge in [0.1, 0.15) is 5.82 Å². The number of halogens is 1. The summed E-state index contributed by atoms with van der Waals surface area (Å²) in [6.07, 6.45) is 0.964. The average Bonchev–Trinajstić information content (AvgIpc) is 2.89. The van der Waals surface area contributed by atoms with Crippen LogP contribution in [0.2, 0.25) is 0 Å². The van der Waals surface area contributed by atoms with E-state index in [4.69, 9.17) is 4.98 Å². The molecule has 0 fully saturated rings. The molecule has 2 aromatic rings. The minimum absolute atomic E-state index is 0.886. The summed E-state index contributed by atoms with van der Waals surface area (Å²) < 4.78 is 1.15. The van der Waals surface area contributed by atoms with Crippen LogP contribution < -0.4 is 10.2 Å². The van der Waals surface area contributed by atoms with E-state index in [0.717, 1.165) is 42.0 Å². The van der Waals surface area contributed by atoms with Gasteiger partial charge in [-0.2, -0.15) is 0 Å². The normalized spacial score (nSPS) is 10.9. The van der Waals surface area contributed by atoms with Crippen LogP contribution in [0.15, 0.2) is 28.1 Å². The standard InChI is InChI=1S/C16H22BrN3S/c1-4-14-6-12(9-18-5-2)7-16(19-14)20(3)10-15-8-13(17)11-21-15/h6-8,11,18H,4-5,9-10H2,1-3H3. The lowest BCUT2D eigenvalue weighted by Gasteiger charge is -2.19. The number of thiophene rings is 1. The van der Waals surface area contributed by atoms with Crippen molar-refractivity contribution in [3.8, 4) is 0 Å². The van der Waals surface area contributed by atoms with Crippen LogP contribution in [-0.2, 0) is 19.5 Å². The van der Waals surface area contributed by atoms with Gasteiger partial charge in [0.15, 0.2) is 0 Å². The second-order valence-corrected chi connectivity index (χ2v) is 6.96. The van der Waals surface area contributed by atoms with Crippen molar-refractivity contribution in [1.29, 1.82) is 0 Å². The van der Waals surface area contributed by atoms with Gasteiger partial charge >= 0.3 is 0 Å². The van der Waals surface area contributed by atoms with E-state index in [9.17, 15) is 0 Å². The van der Waals surface area contributed by atoms with Crippen molar-refractivity contribution in [2.24, 2.45) is 0 Å². The summed E-state index contributed by atoms with van der Waals surface area (Å²) in [7, 11) is 2.10. The minimum Gasteiger partial charge on any atom is -0.355 e. The maximum absolute atomic E-state index is 4.75. The summed E-state index contributed by atoms with van der Waals surface area (Å²) >= 11 is 5.28. The van der Waals surface area contributed by atoms with Gasteiger partial charge in [0, 0.05) is 34.0 Å². The molecule has 114 valence electrons. The average molecular weight is 368 g/mol. The van der Waals surface area contributed by atoms with Gasteiger partial charge in [0.25, 0.3) is 0 Å². The van der Waals surface area contributed by atoms with E-state index in [0.29, 0.717) is 0 Å². The predicted octanol–water partition coefficient (Wildman–Crippen LogP) is 4.21. The molecule has 0 spiro atoms. The third kappa shape index (κ3) is 4.80. The molecule has 2 rings (SSSR count). The van der Waals surface area contributed by atoms with Crippen LogP contribution in [0.25, 0.3) is 0 Å². The lowest BCUT2D eigenvalue weighted by Crippen LogP contribution is -2.19. The van der Waals surface area contributed by atoms with Crippen LogP contribution in [0.1, 0.15) is 30.0 Å². The second kappa shape index (κ2) is 7.92. The van der Waals surface area contributed by atoms with Crippen molar-refractivity contribution in [1.82, 2.24) is 10.3 Å². The summed E-state index contributed by atoms with van der Waals surface area (Å²) in [6, 6.07) is 6.55. The molecule has 3 nitrogen and oxygen atoms in total. The highest BCUT2D eigenvalue weighted by atomic mass is 79.9. The van der Waals surface area contributed by atoms with Gasteiger partial charge in [0.2, 0.25) is 0 Å². The number of nitrogens with zero attached hydrogens (tertiary/aromatic N) is 2. The van der Waals surface area contributed by atoms with Crippen molar-refractivity contribution >= 4 is 33.1 Å². The molecule has 0 aliphatic heterocycles. The Morgan fingerprint density at radius 3 is 2.71 bits per heavy atom. The van der Waals surface area contributed by atoms with Crippen LogP contribution in [0.3, 0.4) is 0 Å². The predicted molar refractivity (Wildman–Crippen MR) is 95.1 cm³/mol. The van der Waals surface area contributed by atoms with Gasteiger partial charge in [0.05, 0.1) is 6.54 Å². The largest absolute Gasteiger partial charge is 0.355 e. The number of aryl methyl sites for hydroxylation is 1. The number of anilines is 1. The van der Waals surface area contributed by atoms with E-state index >= 15 is 0 Å². The molecule has 21 heavy (non-hydrogen) atoms. The SMILES string of the molecule is CCNCc1cc(CC)nc(N(C)Cc2cc(Br)cs2)c1. The Morgan fingerprint density at radius 2 is 2.10 bits per heavy atom. The molecular weight excluding hydrogens is 346 g/mol. The molecule has 0 saturated heterocycles. The van der Waals surface area contributed by atoms with E-state index in [1.165, 1.54) is 10.4 Å². The number of nitrogens with one attached hydrogen (secondary N) is 1. The van der Waals surface area contributed by atoms with Crippen LogP contribution in [0.4, 0.5) is 5.82 Å². The molecular formula is C16H22BrN3S. The monoisotopic (exact) mass is 367 g/mol. The van der Waals surface area contributed by atoms with Crippen LogP contribution in [-0.4, -0.2) is 18.6 Å². The first kappa shape index (κ1) is 16.5. The van der Waals surface area contributed by atoms with E-state index in [2.05, 4.69) is 70.6 Å². The van der Waals surface area contributed by atoms with Gasteiger partial charge in [-0.05, 0) is 52.7 Å². The van der Waals surface area contributed by atoms with E-state index in [1.54, 1.807) is 11.3 Å². The van der Waals surface area contributed by atoms with Gasteiger partial charge in [-0.15, -0.1) is 11.3 Å². The third-order valence-electron chi connectivity index (χ3n) is 3.27. The van der Waals surface area contributed by atoms with E-state index in [-0.39, 0.29) is 0 Å². The lowest BCUT2D eigenvalue weighted by atomic mass is 10.2. The first-order valence-corrected chi connectivity index (χ1v) is 8.94. The summed E-state index contributed by atoms with van der Waals surface area (Å²) in [5, 5.41) is 5.51. The van der Waals surface area contributed by atoms with E-state index < -0.39 is 0 Å². The number of aromatic nitrogens is 1. The summed E-state index contributed by atoms with van der Waals surface area (Å²) in [5.41, 5.74) is 2.46. The molecule has 0 aliphatic rings. The molecule has 2 heterocycles. The van der Waals surface area contributed by atoms with Crippen LogP contribution in [0.5, 0.6) is 0 Å². The Kier molecular flexibility index (Phi) is 6.21. The van der Waals surface area contributed by atoms with Crippen molar-refractivity contribution in [3.05, 3.63) is 44.2 Å². The first-order valence-electron chi connectivity index (χ1n) is 7.27. The van der Waals surface area contributed by atoms with Gasteiger partial charge in [-0.1, -0.05) is 13.8 Å². The zero-order valence-corrected chi connectivity index (χ0v) is 15.2. The summed E-state index contributed by atoms with van der Waals surface area (Å²) in [4.78, 5) is 8.30. The van der Waals surface area contributed by atoms with Crippen molar-refractivity contribution in [2.75, 3.05) is 18.5 Å². The first-order chi connectivity index (χ1) is 10.1. The molecule has 0 atom stereocenters. The number of pyridine rings is 1. The molecule has 0 bridgehead atoms.